The Bertz CT molecular complexity index is 766. The number of aromatic amines is 1. The van der Waals surface area contributed by atoms with Gasteiger partial charge in [-0.3, -0.25) is 4.98 Å². The number of hydrogen-bond acceptors (Lipinski definition) is 2. The van der Waals surface area contributed by atoms with Crippen molar-refractivity contribution in [2.75, 3.05) is 0 Å². The molecular weight excluding hydrogens is 248 g/mol. The van der Waals surface area contributed by atoms with Crippen molar-refractivity contribution in [3.63, 3.8) is 0 Å². The van der Waals surface area contributed by atoms with Crippen LogP contribution in [0, 0.1) is 0 Å². The van der Waals surface area contributed by atoms with E-state index in [1.165, 1.54) is 5.56 Å². The maximum Gasteiger partial charge on any atom is 0.116 e. The largest absolute Gasteiger partial charge is 0.508 e. The molecule has 102 valence electrons. The zero-order valence-corrected chi connectivity index (χ0v) is 11.9. The monoisotopic (exact) mass is 266 g/mol. The molecule has 3 rings (SSSR count). The van der Waals surface area contributed by atoms with Gasteiger partial charge in [0.2, 0.25) is 0 Å². The van der Waals surface area contributed by atoms with Gasteiger partial charge in [0, 0.05) is 17.1 Å². The van der Waals surface area contributed by atoms with Crippen molar-refractivity contribution in [2.45, 2.75) is 26.2 Å². The van der Waals surface area contributed by atoms with Crippen LogP contribution in [-0.4, -0.2) is 15.1 Å². The molecule has 20 heavy (non-hydrogen) atoms. The van der Waals surface area contributed by atoms with Crippen LogP contribution >= 0.6 is 0 Å². The molecule has 0 spiro atoms. The highest BCUT2D eigenvalue weighted by atomic mass is 16.3. The highest BCUT2D eigenvalue weighted by Crippen LogP contribution is 2.28. The van der Waals surface area contributed by atoms with Crippen LogP contribution in [0.5, 0.6) is 5.75 Å². The number of phenolic OH excluding ortho intramolecular Hbond substituents is 1. The molecule has 2 heterocycles. The second kappa shape index (κ2) is 4.37. The van der Waals surface area contributed by atoms with E-state index in [9.17, 15) is 5.11 Å². The van der Waals surface area contributed by atoms with Crippen molar-refractivity contribution in [2.24, 2.45) is 0 Å². The van der Waals surface area contributed by atoms with Crippen LogP contribution in [0.2, 0.25) is 0 Å². The summed E-state index contributed by atoms with van der Waals surface area (Å²) in [6.45, 7) is 6.57. The summed E-state index contributed by atoms with van der Waals surface area (Å²) in [6, 6.07) is 11.5. The van der Waals surface area contributed by atoms with Gasteiger partial charge in [0.15, 0.2) is 0 Å². The lowest BCUT2D eigenvalue weighted by atomic mass is 9.87. The van der Waals surface area contributed by atoms with Gasteiger partial charge in [0.05, 0.1) is 11.4 Å². The van der Waals surface area contributed by atoms with Crippen LogP contribution in [0.3, 0.4) is 0 Å². The molecule has 0 radical (unpaired) electrons. The van der Waals surface area contributed by atoms with Gasteiger partial charge in [0.1, 0.15) is 5.75 Å². The Morgan fingerprint density at radius 1 is 1.05 bits per heavy atom. The van der Waals surface area contributed by atoms with Gasteiger partial charge < -0.3 is 10.1 Å². The van der Waals surface area contributed by atoms with Crippen LogP contribution in [0.15, 0.2) is 42.6 Å². The first kappa shape index (κ1) is 12.7. The summed E-state index contributed by atoms with van der Waals surface area (Å²) in [5.41, 5.74) is 4.25. The van der Waals surface area contributed by atoms with E-state index in [0.717, 1.165) is 22.3 Å². The van der Waals surface area contributed by atoms with Crippen LogP contribution < -0.4 is 0 Å². The number of H-pyrrole nitrogens is 1. The van der Waals surface area contributed by atoms with Gasteiger partial charge in [0.25, 0.3) is 0 Å². The Morgan fingerprint density at radius 2 is 1.85 bits per heavy atom. The van der Waals surface area contributed by atoms with Crippen molar-refractivity contribution in [3.05, 3.63) is 48.2 Å². The Hall–Kier alpha value is -2.29. The van der Waals surface area contributed by atoms with E-state index in [2.05, 4.69) is 42.9 Å². The maximum atomic E-state index is 9.53. The van der Waals surface area contributed by atoms with Crippen LogP contribution in [0.25, 0.3) is 22.3 Å². The number of hydrogen-bond donors (Lipinski definition) is 2. The summed E-state index contributed by atoms with van der Waals surface area (Å²) in [6.07, 6.45) is 1.85. The van der Waals surface area contributed by atoms with E-state index >= 15 is 0 Å². The minimum absolute atomic E-state index is 0.0992. The molecule has 1 aromatic carbocycles. The fourth-order valence-electron chi connectivity index (χ4n) is 2.30. The lowest BCUT2D eigenvalue weighted by Gasteiger charge is -2.19. The highest BCUT2D eigenvalue weighted by Gasteiger charge is 2.15. The van der Waals surface area contributed by atoms with E-state index in [4.69, 9.17) is 0 Å². The van der Waals surface area contributed by atoms with Crippen LogP contribution in [0.1, 0.15) is 26.3 Å². The second-order valence-corrected chi connectivity index (χ2v) is 6.13. The predicted octanol–water partition coefficient (Wildman–Crippen LogP) is 4.23. The Balaban J connectivity index is 2.11. The van der Waals surface area contributed by atoms with E-state index in [-0.39, 0.29) is 11.2 Å². The van der Waals surface area contributed by atoms with Gasteiger partial charge in [-0.1, -0.05) is 20.8 Å². The average molecular weight is 266 g/mol. The van der Waals surface area contributed by atoms with Crippen molar-refractivity contribution in [3.8, 4) is 17.1 Å². The van der Waals surface area contributed by atoms with E-state index in [0.29, 0.717) is 0 Å². The molecule has 0 unspecified atom stereocenters. The molecule has 0 saturated carbocycles. The lowest BCUT2D eigenvalue weighted by Crippen LogP contribution is -2.11. The number of phenols is 1. The number of rotatable bonds is 1. The topological polar surface area (TPSA) is 48.9 Å². The second-order valence-electron chi connectivity index (χ2n) is 6.13. The number of pyridine rings is 1. The van der Waals surface area contributed by atoms with Gasteiger partial charge in [-0.05, 0) is 47.4 Å². The molecule has 0 bridgehead atoms. The molecule has 0 aliphatic heterocycles. The highest BCUT2D eigenvalue weighted by molar-refractivity contribution is 5.86. The van der Waals surface area contributed by atoms with Crippen molar-refractivity contribution in [1.29, 1.82) is 0 Å². The fraction of sp³-hybridized carbons (Fsp3) is 0.235. The first-order chi connectivity index (χ1) is 9.43. The summed E-state index contributed by atoms with van der Waals surface area (Å²) < 4.78 is 0. The Kier molecular flexibility index (Phi) is 2.78. The summed E-state index contributed by atoms with van der Waals surface area (Å²) >= 11 is 0. The molecule has 0 saturated heterocycles. The van der Waals surface area contributed by atoms with Gasteiger partial charge >= 0.3 is 0 Å². The Morgan fingerprint density at radius 3 is 2.60 bits per heavy atom. The van der Waals surface area contributed by atoms with E-state index in [1.807, 2.05) is 18.3 Å². The molecule has 2 aromatic heterocycles. The predicted molar refractivity (Wildman–Crippen MR) is 81.9 cm³/mol. The quantitative estimate of drug-likeness (QED) is 0.692. The van der Waals surface area contributed by atoms with Gasteiger partial charge in [-0.25, -0.2) is 0 Å². The number of nitrogens with zero attached hydrogens (tertiary/aromatic N) is 1. The SMILES string of the molecule is CC(C)(C)c1ccnc(-c2cc3cc(O)ccc3[nH]2)c1. The molecule has 0 aliphatic carbocycles. The van der Waals surface area contributed by atoms with E-state index < -0.39 is 0 Å². The van der Waals surface area contributed by atoms with Gasteiger partial charge in [-0.15, -0.1) is 0 Å². The minimum atomic E-state index is 0.0992. The summed E-state index contributed by atoms with van der Waals surface area (Å²) in [7, 11) is 0. The van der Waals surface area contributed by atoms with Crippen LogP contribution in [-0.2, 0) is 5.41 Å². The molecule has 0 amide bonds. The third kappa shape index (κ3) is 2.27. The maximum absolute atomic E-state index is 9.53. The minimum Gasteiger partial charge on any atom is -0.508 e. The first-order valence-corrected chi connectivity index (χ1v) is 6.72. The number of benzene rings is 1. The standard InChI is InChI=1S/C17H18N2O/c1-17(2,3)12-6-7-18-15(10-12)16-9-11-8-13(20)4-5-14(11)19-16/h4-10,19-20H,1-3H3. The number of aromatic nitrogens is 2. The summed E-state index contributed by atoms with van der Waals surface area (Å²) in [4.78, 5) is 7.79. The fourth-order valence-corrected chi connectivity index (χ4v) is 2.30. The average Bonchev–Trinajstić information content (AvgIpc) is 2.81. The summed E-state index contributed by atoms with van der Waals surface area (Å²) in [5, 5.41) is 10.5. The first-order valence-electron chi connectivity index (χ1n) is 6.72. The van der Waals surface area contributed by atoms with Crippen molar-refractivity contribution in [1.82, 2.24) is 9.97 Å². The molecule has 0 atom stereocenters. The molecule has 0 fully saturated rings. The third-order valence-electron chi connectivity index (χ3n) is 3.51. The zero-order valence-electron chi connectivity index (χ0n) is 11.9. The number of aromatic hydroxyl groups is 1. The molecule has 3 aromatic rings. The van der Waals surface area contributed by atoms with Crippen molar-refractivity contribution < 1.29 is 5.11 Å². The van der Waals surface area contributed by atoms with E-state index in [1.54, 1.807) is 12.1 Å². The molecule has 3 heteroatoms. The van der Waals surface area contributed by atoms with Gasteiger partial charge in [-0.2, -0.15) is 0 Å². The van der Waals surface area contributed by atoms with Crippen molar-refractivity contribution >= 4 is 10.9 Å². The normalized spacial score (nSPS) is 11.9. The number of nitrogens with one attached hydrogen (secondary N) is 1. The third-order valence-corrected chi connectivity index (χ3v) is 3.51. The number of fused-ring (bicyclic) bond motifs is 1. The molecule has 0 aliphatic rings. The smallest absolute Gasteiger partial charge is 0.116 e. The summed E-state index contributed by atoms with van der Waals surface area (Å²) in [5.74, 6) is 0.277. The zero-order chi connectivity index (χ0) is 14.3. The molecular formula is C17H18N2O. The Labute approximate surface area is 118 Å². The van der Waals surface area contributed by atoms with Crippen LogP contribution in [0.4, 0.5) is 0 Å². The lowest BCUT2D eigenvalue weighted by molar-refractivity contribution is 0.476. The molecule has 2 N–H and O–H groups in total. The molecule has 3 nitrogen and oxygen atoms in total.